The van der Waals surface area contributed by atoms with E-state index in [2.05, 4.69) is 17.6 Å². The van der Waals surface area contributed by atoms with Crippen molar-refractivity contribution in [1.82, 2.24) is 5.32 Å². The number of carbonyl (C=O) groups excluding carboxylic acids is 1. The number of hydrogen-bond donors (Lipinski definition) is 2. The molecule has 0 aromatic heterocycles. The Labute approximate surface area is 102 Å². The Morgan fingerprint density at radius 3 is 2.76 bits per heavy atom. The first-order valence-corrected chi connectivity index (χ1v) is 5.95. The molecular weight excluding hydrogens is 216 g/mol. The minimum absolute atomic E-state index is 0.189. The molecule has 0 radical (unpaired) electrons. The monoisotopic (exact) mass is 236 g/mol. The molecule has 0 aliphatic rings. The van der Waals surface area contributed by atoms with Crippen molar-refractivity contribution in [3.8, 4) is 5.75 Å². The first kappa shape index (κ1) is 13.4. The highest BCUT2D eigenvalue weighted by Crippen LogP contribution is 2.22. The molecule has 0 bridgehead atoms. The molecule has 1 aromatic carbocycles. The zero-order valence-corrected chi connectivity index (χ0v) is 10.5. The lowest BCUT2D eigenvalue weighted by atomic mass is 10.2. The Balaban J connectivity index is 2.39. The lowest BCUT2D eigenvalue weighted by Gasteiger charge is -2.10. The number of amides is 2. The summed E-state index contributed by atoms with van der Waals surface area (Å²) in [5, 5.41) is 5.57. The van der Waals surface area contributed by atoms with Crippen LogP contribution in [0.25, 0.3) is 0 Å². The van der Waals surface area contributed by atoms with Crippen LogP contribution in [-0.2, 0) is 0 Å². The minimum atomic E-state index is -0.189. The third kappa shape index (κ3) is 4.76. The highest BCUT2D eigenvalue weighted by Gasteiger charge is 2.05. The number of methoxy groups -OCH3 is 1. The van der Waals surface area contributed by atoms with E-state index in [4.69, 9.17) is 4.74 Å². The van der Waals surface area contributed by atoms with Gasteiger partial charge in [-0.05, 0) is 18.6 Å². The number of hydrogen-bond acceptors (Lipinski definition) is 2. The van der Waals surface area contributed by atoms with E-state index >= 15 is 0 Å². The van der Waals surface area contributed by atoms with Crippen molar-refractivity contribution in [3.63, 3.8) is 0 Å². The van der Waals surface area contributed by atoms with Crippen LogP contribution in [0.2, 0.25) is 0 Å². The molecule has 1 rings (SSSR count). The summed E-state index contributed by atoms with van der Waals surface area (Å²) < 4.78 is 5.15. The molecule has 0 spiro atoms. The van der Waals surface area contributed by atoms with E-state index in [1.807, 2.05) is 24.3 Å². The normalized spacial score (nSPS) is 9.76. The van der Waals surface area contributed by atoms with Crippen LogP contribution >= 0.6 is 0 Å². The Morgan fingerprint density at radius 1 is 1.29 bits per heavy atom. The first-order chi connectivity index (χ1) is 8.27. The smallest absolute Gasteiger partial charge is 0.319 e. The molecule has 94 valence electrons. The van der Waals surface area contributed by atoms with E-state index in [-0.39, 0.29) is 6.03 Å². The fraction of sp³-hybridized carbons (Fsp3) is 0.462. The lowest BCUT2D eigenvalue weighted by molar-refractivity contribution is 0.251. The predicted molar refractivity (Wildman–Crippen MR) is 69.5 cm³/mol. The second kappa shape index (κ2) is 7.54. The molecule has 0 saturated carbocycles. The SMILES string of the molecule is CCCCCNC(=O)Nc1ccccc1OC. The van der Waals surface area contributed by atoms with Crippen LogP contribution in [0, 0.1) is 0 Å². The van der Waals surface area contributed by atoms with Crippen LogP contribution in [0.5, 0.6) is 5.75 Å². The lowest BCUT2D eigenvalue weighted by Crippen LogP contribution is -2.29. The fourth-order valence-corrected chi connectivity index (χ4v) is 1.49. The second-order valence-electron chi connectivity index (χ2n) is 3.79. The number of para-hydroxylation sites is 2. The van der Waals surface area contributed by atoms with Gasteiger partial charge in [0.15, 0.2) is 0 Å². The molecule has 1 aromatic rings. The molecular formula is C13H20N2O2. The summed E-state index contributed by atoms with van der Waals surface area (Å²) in [4.78, 5) is 11.6. The summed E-state index contributed by atoms with van der Waals surface area (Å²) in [5.74, 6) is 0.663. The molecule has 2 amide bonds. The van der Waals surface area contributed by atoms with Gasteiger partial charge in [-0.3, -0.25) is 0 Å². The average molecular weight is 236 g/mol. The summed E-state index contributed by atoms with van der Waals surface area (Å²) in [6.07, 6.45) is 3.29. The standard InChI is InChI=1S/C13H20N2O2/c1-3-4-7-10-14-13(16)15-11-8-5-6-9-12(11)17-2/h5-6,8-9H,3-4,7,10H2,1-2H3,(H2,14,15,16). The summed E-state index contributed by atoms with van der Waals surface area (Å²) in [6.45, 7) is 2.84. The quantitative estimate of drug-likeness (QED) is 0.746. The minimum Gasteiger partial charge on any atom is -0.495 e. The molecule has 0 aliphatic heterocycles. The van der Waals surface area contributed by atoms with Crippen molar-refractivity contribution >= 4 is 11.7 Å². The van der Waals surface area contributed by atoms with Crippen LogP contribution in [0.3, 0.4) is 0 Å². The maximum atomic E-state index is 11.6. The van der Waals surface area contributed by atoms with Gasteiger partial charge in [0.05, 0.1) is 12.8 Å². The molecule has 0 fully saturated rings. The maximum Gasteiger partial charge on any atom is 0.319 e. The van der Waals surface area contributed by atoms with Crippen LogP contribution in [-0.4, -0.2) is 19.7 Å². The number of rotatable bonds is 6. The maximum absolute atomic E-state index is 11.6. The van der Waals surface area contributed by atoms with Crippen molar-refractivity contribution in [2.75, 3.05) is 19.0 Å². The molecule has 17 heavy (non-hydrogen) atoms. The zero-order chi connectivity index (χ0) is 12.5. The number of benzene rings is 1. The van der Waals surface area contributed by atoms with Gasteiger partial charge in [0.1, 0.15) is 5.75 Å². The largest absolute Gasteiger partial charge is 0.495 e. The second-order valence-corrected chi connectivity index (χ2v) is 3.79. The van der Waals surface area contributed by atoms with Gasteiger partial charge >= 0.3 is 6.03 Å². The first-order valence-electron chi connectivity index (χ1n) is 5.95. The van der Waals surface area contributed by atoms with Gasteiger partial charge in [0, 0.05) is 6.54 Å². The van der Waals surface area contributed by atoms with Gasteiger partial charge in [-0.25, -0.2) is 4.79 Å². The zero-order valence-electron chi connectivity index (χ0n) is 10.5. The number of anilines is 1. The molecule has 0 atom stereocenters. The van der Waals surface area contributed by atoms with Gasteiger partial charge in [-0.15, -0.1) is 0 Å². The molecule has 2 N–H and O–H groups in total. The Bertz CT molecular complexity index is 353. The molecule has 0 heterocycles. The van der Waals surface area contributed by atoms with E-state index in [0.29, 0.717) is 18.0 Å². The van der Waals surface area contributed by atoms with Gasteiger partial charge in [0.25, 0.3) is 0 Å². The van der Waals surface area contributed by atoms with Crippen molar-refractivity contribution in [3.05, 3.63) is 24.3 Å². The van der Waals surface area contributed by atoms with Crippen LogP contribution < -0.4 is 15.4 Å². The Kier molecular flexibility index (Phi) is 5.93. The summed E-state index contributed by atoms with van der Waals surface area (Å²) >= 11 is 0. The van der Waals surface area contributed by atoms with Gasteiger partial charge in [-0.2, -0.15) is 0 Å². The van der Waals surface area contributed by atoms with Crippen LogP contribution in [0.4, 0.5) is 10.5 Å². The Morgan fingerprint density at radius 2 is 2.06 bits per heavy atom. The Hall–Kier alpha value is -1.71. The molecule has 0 aliphatic carbocycles. The highest BCUT2D eigenvalue weighted by molar-refractivity contribution is 5.90. The van der Waals surface area contributed by atoms with Crippen LogP contribution in [0.1, 0.15) is 26.2 Å². The molecule has 0 unspecified atom stereocenters. The van der Waals surface area contributed by atoms with E-state index in [9.17, 15) is 4.79 Å². The third-order valence-corrected chi connectivity index (χ3v) is 2.42. The van der Waals surface area contributed by atoms with Crippen molar-refractivity contribution in [2.45, 2.75) is 26.2 Å². The van der Waals surface area contributed by atoms with E-state index in [1.165, 1.54) is 0 Å². The third-order valence-electron chi connectivity index (χ3n) is 2.42. The van der Waals surface area contributed by atoms with Crippen molar-refractivity contribution in [1.29, 1.82) is 0 Å². The fourth-order valence-electron chi connectivity index (χ4n) is 1.49. The topological polar surface area (TPSA) is 50.4 Å². The summed E-state index contributed by atoms with van der Waals surface area (Å²) in [6, 6.07) is 7.15. The summed E-state index contributed by atoms with van der Waals surface area (Å²) in [5.41, 5.74) is 0.683. The van der Waals surface area contributed by atoms with Gasteiger partial charge < -0.3 is 15.4 Å². The van der Waals surface area contributed by atoms with Gasteiger partial charge in [-0.1, -0.05) is 31.9 Å². The highest BCUT2D eigenvalue weighted by atomic mass is 16.5. The van der Waals surface area contributed by atoms with Crippen molar-refractivity contribution in [2.24, 2.45) is 0 Å². The molecule has 0 saturated heterocycles. The number of ether oxygens (including phenoxy) is 1. The van der Waals surface area contributed by atoms with E-state index < -0.39 is 0 Å². The number of nitrogens with one attached hydrogen (secondary N) is 2. The van der Waals surface area contributed by atoms with Crippen LogP contribution in [0.15, 0.2) is 24.3 Å². The number of carbonyl (C=O) groups is 1. The van der Waals surface area contributed by atoms with E-state index in [1.54, 1.807) is 7.11 Å². The van der Waals surface area contributed by atoms with E-state index in [0.717, 1.165) is 19.3 Å². The van der Waals surface area contributed by atoms with Crippen molar-refractivity contribution < 1.29 is 9.53 Å². The molecule has 4 heteroatoms. The molecule has 4 nitrogen and oxygen atoms in total. The number of unbranched alkanes of at least 4 members (excludes halogenated alkanes) is 2. The number of urea groups is 1. The predicted octanol–water partition coefficient (Wildman–Crippen LogP) is 3.01. The average Bonchev–Trinajstić information content (AvgIpc) is 2.35. The van der Waals surface area contributed by atoms with Gasteiger partial charge in [0.2, 0.25) is 0 Å². The summed E-state index contributed by atoms with van der Waals surface area (Å²) in [7, 11) is 1.58.